The Morgan fingerprint density at radius 3 is 2.28 bits per heavy atom. The van der Waals surface area contributed by atoms with Crippen molar-refractivity contribution in [1.29, 1.82) is 0 Å². The molecule has 0 spiro atoms. The number of hydrogen-bond acceptors (Lipinski definition) is 2. The quantitative estimate of drug-likeness (QED) is 0.871. The van der Waals surface area contributed by atoms with Crippen LogP contribution in [0.1, 0.15) is 36.1 Å². The minimum absolute atomic E-state index is 0.0584. The number of benzene rings is 1. The third-order valence-electron chi connectivity index (χ3n) is 3.15. The molecule has 0 saturated heterocycles. The Morgan fingerprint density at radius 2 is 1.67 bits per heavy atom. The molecule has 2 aromatic rings. The first-order valence-corrected chi connectivity index (χ1v) is 6.53. The number of aryl methyl sites for hydroxylation is 1. The molecule has 1 atom stereocenters. The number of rotatable bonds is 5. The zero-order valence-electron chi connectivity index (χ0n) is 10.8. The lowest BCUT2D eigenvalue weighted by Crippen LogP contribution is -2.13. The fraction of sp³-hybridized carbons (Fsp3) is 0.312. The molecule has 94 valence electrons. The minimum atomic E-state index is 0.0584. The van der Waals surface area contributed by atoms with Crippen molar-refractivity contribution in [3.05, 3.63) is 65.5 Å². The van der Waals surface area contributed by atoms with Crippen LogP contribution >= 0.6 is 0 Å². The summed E-state index contributed by atoms with van der Waals surface area (Å²) in [5.74, 6) is 0. The molecule has 2 rings (SSSR count). The SMILES string of the molecule is CCCc1ccc(C(N)Cc2ccncc2)cc1. The van der Waals surface area contributed by atoms with Gasteiger partial charge in [0.25, 0.3) is 0 Å². The standard InChI is InChI=1S/C16H20N2/c1-2-3-13-4-6-15(7-5-13)16(17)12-14-8-10-18-11-9-14/h4-11,16H,2-3,12,17H2,1H3. The summed E-state index contributed by atoms with van der Waals surface area (Å²) in [5.41, 5.74) is 10.0. The number of hydrogen-bond donors (Lipinski definition) is 1. The first kappa shape index (κ1) is 12.8. The van der Waals surface area contributed by atoms with Gasteiger partial charge in [-0.15, -0.1) is 0 Å². The van der Waals surface area contributed by atoms with E-state index in [1.54, 1.807) is 0 Å². The topological polar surface area (TPSA) is 38.9 Å². The highest BCUT2D eigenvalue weighted by molar-refractivity contribution is 5.26. The summed E-state index contributed by atoms with van der Waals surface area (Å²) in [7, 11) is 0. The zero-order chi connectivity index (χ0) is 12.8. The number of nitrogens with zero attached hydrogens (tertiary/aromatic N) is 1. The number of aromatic nitrogens is 1. The third kappa shape index (κ3) is 3.41. The molecule has 0 aliphatic heterocycles. The largest absolute Gasteiger partial charge is 0.324 e. The molecule has 1 heterocycles. The molecule has 1 aromatic carbocycles. The summed E-state index contributed by atoms with van der Waals surface area (Å²) in [4.78, 5) is 4.02. The van der Waals surface area contributed by atoms with Crippen LogP contribution < -0.4 is 5.73 Å². The van der Waals surface area contributed by atoms with Gasteiger partial charge >= 0.3 is 0 Å². The van der Waals surface area contributed by atoms with Crippen molar-refractivity contribution in [2.24, 2.45) is 5.73 Å². The second kappa shape index (κ2) is 6.31. The average Bonchev–Trinajstić information content (AvgIpc) is 2.41. The molecule has 0 radical (unpaired) electrons. The fourth-order valence-corrected chi connectivity index (χ4v) is 2.11. The Labute approximate surface area is 109 Å². The summed E-state index contributed by atoms with van der Waals surface area (Å²) in [6.45, 7) is 2.20. The van der Waals surface area contributed by atoms with E-state index in [0.717, 1.165) is 12.8 Å². The molecule has 1 unspecified atom stereocenters. The summed E-state index contributed by atoms with van der Waals surface area (Å²) >= 11 is 0. The molecule has 2 N–H and O–H groups in total. The minimum Gasteiger partial charge on any atom is -0.324 e. The number of nitrogens with two attached hydrogens (primary N) is 1. The maximum atomic E-state index is 6.23. The van der Waals surface area contributed by atoms with Crippen LogP contribution in [-0.2, 0) is 12.8 Å². The van der Waals surface area contributed by atoms with Crippen molar-refractivity contribution in [2.75, 3.05) is 0 Å². The Bertz CT molecular complexity index is 462. The molecule has 1 aromatic heterocycles. The second-order valence-corrected chi connectivity index (χ2v) is 4.66. The lowest BCUT2D eigenvalue weighted by atomic mass is 9.98. The van der Waals surface area contributed by atoms with E-state index in [-0.39, 0.29) is 6.04 Å². The molecule has 0 aliphatic carbocycles. The smallest absolute Gasteiger partial charge is 0.0335 e. The fourth-order valence-electron chi connectivity index (χ4n) is 2.11. The van der Waals surface area contributed by atoms with Crippen LogP contribution in [0.15, 0.2) is 48.8 Å². The predicted molar refractivity (Wildman–Crippen MR) is 75.3 cm³/mol. The van der Waals surface area contributed by atoms with Gasteiger partial charge in [0.2, 0.25) is 0 Å². The lowest BCUT2D eigenvalue weighted by Gasteiger charge is -2.12. The highest BCUT2D eigenvalue weighted by atomic mass is 14.6. The van der Waals surface area contributed by atoms with E-state index in [2.05, 4.69) is 36.2 Å². The van der Waals surface area contributed by atoms with Crippen molar-refractivity contribution in [1.82, 2.24) is 4.98 Å². The van der Waals surface area contributed by atoms with Crippen LogP contribution in [0.5, 0.6) is 0 Å². The Balaban J connectivity index is 2.02. The molecule has 0 aliphatic rings. The normalized spacial score (nSPS) is 12.3. The maximum Gasteiger partial charge on any atom is 0.0335 e. The highest BCUT2D eigenvalue weighted by Crippen LogP contribution is 2.17. The van der Waals surface area contributed by atoms with E-state index < -0.39 is 0 Å². The molecular weight excluding hydrogens is 220 g/mol. The molecule has 2 heteroatoms. The Hall–Kier alpha value is -1.67. The first-order valence-electron chi connectivity index (χ1n) is 6.53. The van der Waals surface area contributed by atoms with Gasteiger partial charge in [-0.2, -0.15) is 0 Å². The average molecular weight is 240 g/mol. The van der Waals surface area contributed by atoms with E-state index >= 15 is 0 Å². The van der Waals surface area contributed by atoms with Crippen LogP contribution in [0.4, 0.5) is 0 Å². The zero-order valence-corrected chi connectivity index (χ0v) is 10.8. The molecule has 18 heavy (non-hydrogen) atoms. The highest BCUT2D eigenvalue weighted by Gasteiger charge is 2.06. The van der Waals surface area contributed by atoms with E-state index in [1.807, 2.05) is 24.5 Å². The maximum absolute atomic E-state index is 6.23. The van der Waals surface area contributed by atoms with Crippen LogP contribution in [0, 0.1) is 0 Å². The summed E-state index contributed by atoms with van der Waals surface area (Å²) in [6, 6.07) is 12.8. The van der Waals surface area contributed by atoms with Crippen molar-refractivity contribution in [2.45, 2.75) is 32.2 Å². The van der Waals surface area contributed by atoms with E-state index in [9.17, 15) is 0 Å². The van der Waals surface area contributed by atoms with Crippen molar-refractivity contribution in [3.8, 4) is 0 Å². The van der Waals surface area contributed by atoms with Gasteiger partial charge in [0.15, 0.2) is 0 Å². The molecule has 0 bridgehead atoms. The van der Waals surface area contributed by atoms with Gasteiger partial charge in [0.05, 0.1) is 0 Å². The van der Waals surface area contributed by atoms with Crippen LogP contribution in [0.3, 0.4) is 0 Å². The Morgan fingerprint density at radius 1 is 1.00 bits per heavy atom. The summed E-state index contributed by atoms with van der Waals surface area (Å²) in [5, 5.41) is 0. The van der Waals surface area contributed by atoms with Gasteiger partial charge in [-0.05, 0) is 41.7 Å². The van der Waals surface area contributed by atoms with Gasteiger partial charge in [-0.25, -0.2) is 0 Å². The van der Waals surface area contributed by atoms with Gasteiger partial charge in [-0.3, -0.25) is 4.98 Å². The van der Waals surface area contributed by atoms with Gasteiger partial charge < -0.3 is 5.73 Å². The first-order chi connectivity index (χ1) is 8.79. The van der Waals surface area contributed by atoms with Gasteiger partial charge in [0, 0.05) is 18.4 Å². The summed E-state index contributed by atoms with van der Waals surface area (Å²) < 4.78 is 0. The van der Waals surface area contributed by atoms with Crippen molar-refractivity contribution in [3.63, 3.8) is 0 Å². The van der Waals surface area contributed by atoms with Gasteiger partial charge in [0.1, 0.15) is 0 Å². The van der Waals surface area contributed by atoms with Crippen molar-refractivity contribution < 1.29 is 0 Å². The van der Waals surface area contributed by atoms with E-state index in [0.29, 0.717) is 0 Å². The van der Waals surface area contributed by atoms with Crippen LogP contribution in [0.2, 0.25) is 0 Å². The molecule has 2 nitrogen and oxygen atoms in total. The second-order valence-electron chi connectivity index (χ2n) is 4.66. The van der Waals surface area contributed by atoms with Gasteiger partial charge in [-0.1, -0.05) is 37.6 Å². The van der Waals surface area contributed by atoms with Crippen molar-refractivity contribution >= 4 is 0 Å². The monoisotopic (exact) mass is 240 g/mol. The van der Waals surface area contributed by atoms with Crippen LogP contribution in [0.25, 0.3) is 0 Å². The third-order valence-corrected chi connectivity index (χ3v) is 3.15. The predicted octanol–water partition coefficient (Wildman–Crippen LogP) is 3.28. The molecule has 0 amide bonds. The molecule has 0 saturated carbocycles. The molecular formula is C16H20N2. The molecule has 0 fully saturated rings. The number of pyridine rings is 1. The Kier molecular flexibility index (Phi) is 4.48. The lowest BCUT2D eigenvalue weighted by molar-refractivity contribution is 0.720. The van der Waals surface area contributed by atoms with Crippen LogP contribution in [-0.4, -0.2) is 4.98 Å². The summed E-state index contributed by atoms with van der Waals surface area (Å²) in [6.07, 6.45) is 6.80. The van der Waals surface area contributed by atoms with E-state index in [1.165, 1.54) is 23.1 Å². The van der Waals surface area contributed by atoms with E-state index in [4.69, 9.17) is 5.73 Å².